The molecule has 0 aromatic rings. The predicted molar refractivity (Wildman–Crippen MR) is 55.8 cm³/mol. The predicted octanol–water partition coefficient (Wildman–Crippen LogP) is -0.00930. The van der Waals surface area contributed by atoms with Crippen molar-refractivity contribution in [1.82, 2.24) is 0 Å². The van der Waals surface area contributed by atoms with E-state index in [-0.39, 0.29) is 12.1 Å². The van der Waals surface area contributed by atoms with E-state index in [1.807, 2.05) is 0 Å². The van der Waals surface area contributed by atoms with Gasteiger partial charge in [-0.05, 0) is 0 Å². The minimum Gasteiger partial charge on any atom is -0.474 e. The summed E-state index contributed by atoms with van der Waals surface area (Å²) < 4.78 is 13.1. The van der Waals surface area contributed by atoms with Gasteiger partial charge in [-0.1, -0.05) is 19.2 Å². The highest BCUT2D eigenvalue weighted by Crippen LogP contribution is 1.98. The average Bonchev–Trinajstić information content (AvgIpc) is 2.05. The van der Waals surface area contributed by atoms with Crippen molar-refractivity contribution in [2.45, 2.75) is 0 Å². The van der Waals surface area contributed by atoms with Gasteiger partial charge in [0.15, 0.2) is 0 Å². The third kappa shape index (κ3) is 258. The zero-order valence-corrected chi connectivity index (χ0v) is 8.72. The molecule has 0 unspecified atom stereocenters. The maximum Gasteiger partial charge on any atom is 0.314 e. The van der Waals surface area contributed by atoms with Gasteiger partial charge in [0.1, 0.15) is 0 Å². The summed E-state index contributed by atoms with van der Waals surface area (Å²) in [5.41, 5.74) is 0. The maximum atomic E-state index is 8.74. The van der Waals surface area contributed by atoms with E-state index in [4.69, 9.17) is 19.5 Å². The number of rotatable bonds is 3. The molecule has 0 saturated heterocycles. The minimum absolute atomic E-state index is 0. The molecule has 0 atom stereocenters. The highest BCUT2D eigenvalue weighted by atomic mass is 31.1. The van der Waals surface area contributed by atoms with Crippen LogP contribution in [-0.2, 0) is 9.30 Å². The summed E-state index contributed by atoms with van der Waals surface area (Å²) in [6.07, 6.45) is 4.06. The molecule has 14 heavy (non-hydrogen) atoms. The third-order valence-corrected chi connectivity index (χ3v) is 0.322. The molecule has 0 rings (SSSR count). The molecular weight excluding hydrogens is 211 g/mol. The smallest absolute Gasteiger partial charge is 0.314 e. The Morgan fingerprint density at radius 2 is 1.43 bits per heavy atom. The Morgan fingerprint density at radius 3 is 1.43 bits per heavy atom. The van der Waals surface area contributed by atoms with Crippen LogP contribution < -0.4 is 0 Å². The second-order valence-electron chi connectivity index (χ2n) is 1.22. The Balaban J connectivity index is -0.0000000522. The zero-order chi connectivity index (χ0) is 11.1. The van der Waals surface area contributed by atoms with Gasteiger partial charge in [-0.3, -0.25) is 4.57 Å². The first kappa shape index (κ1) is 23.2. The fourth-order valence-corrected chi connectivity index (χ4v) is 0.0680. The molecule has 0 spiro atoms. The van der Waals surface area contributed by atoms with Gasteiger partial charge in [-0.15, -0.1) is 6.58 Å². The van der Waals surface area contributed by atoms with E-state index in [1.165, 1.54) is 18.6 Å². The Morgan fingerprint density at radius 1 is 1.21 bits per heavy atom. The molecule has 5 N–H and O–H groups in total. The van der Waals surface area contributed by atoms with Crippen LogP contribution in [0, 0.1) is 0 Å². The molecule has 0 amide bonds. The molecule has 0 bridgehead atoms. The number of hydrogen-bond donors (Lipinski definition) is 3. The highest BCUT2D eigenvalue weighted by Gasteiger charge is 1.61. The van der Waals surface area contributed by atoms with Crippen LogP contribution in [-0.4, -0.2) is 27.0 Å². The van der Waals surface area contributed by atoms with Gasteiger partial charge in [-0.25, -0.2) is 0 Å². The summed E-state index contributed by atoms with van der Waals surface area (Å²) in [6, 6.07) is 0. The van der Waals surface area contributed by atoms with E-state index in [9.17, 15) is 0 Å². The normalized spacial score (nSPS) is 6.29. The molecule has 0 aromatic carbocycles. The molecule has 6 nitrogen and oxygen atoms in total. The number of aliphatic hydroxyl groups excluding tert-OH is 1. The lowest BCUT2D eigenvalue weighted by molar-refractivity contribution is 0.343. The standard InChI is InChI=1S/C4H6O.C3H6O.H3O3P.H2O/c1-3-5-4-2;1-2-3-4;1-4(2)3;/h3-4H,1-2H2;2,4H,1,3H2;4H,(H2,1,2,3);1H2. The quantitative estimate of drug-likeness (QED) is 0.356. The van der Waals surface area contributed by atoms with Gasteiger partial charge < -0.3 is 25.1 Å². The van der Waals surface area contributed by atoms with Gasteiger partial charge in [0.05, 0.1) is 19.1 Å². The van der Waals surface area contributed by atoms with E-state index >= 15 is 0 Å². The van der Waals surface area contributed by atoms with Crippen molar-refractivity contribution >= 4 is 8.25 Å². The molecular formula is C7H17O6P. The third-order valence-electron chi connectivity index (χ3n) is 0.322. The minimum atomic E-state index is -3.13. The molecule has 0 aliphatic heterocycles. The van der Waals surface area contributed by atoms with E-state index in [1.54, 1.807) is 0 Å². The Hall–Kier alpha value is -0.910. The molecule has 0 aromatic heterocycles. The summed E-state index contributed by atoms with van der Waals surface area (Å²) in [6.45, 7) is 9.83. The van der Waals surface area contributed by atoms with Gasteiger partial charge in [-0.2, -0.15) is 0 Å². The molecule has 0 heterocycles. The van der Waals surface area contributed by atoms with Crippen molar-refractivity contribution in [2.24, 2.45) is 0 Å². The average molecular weight is 228 g/mol. The number of aliphatic hydroxyl groups is 1. The van der Waals surface area contributed by atoms with Crippen molar-refractivity contribution in [2.75, 3.05) is 6.61 Å². The van der Waals surface area contributed by atoms with E-state index in [2.05, 4.69) is 24.5 Å². The fourth-order valence-electron chi connectivity index (χ4n) is 0.0680. The van der Waals surface area contributed by atoms with Crippen molar-refractivity contribution < 1.29 is 29.7 Å². The highest BCUT2D eigenvalue weighted by molar-refractivity contribution is 7.30. The second kappa shape index (κ2) is 29.6. The first-order valence-electron chi connectivity index (χ1n) is 3.07. The molecule has 86 valence electrons. The van der Waals surface area contributed by atoms with Crippen LogP contribution in [0.5, 0.6) is 0 Å². The first-order valence-corrected chi connectivity index (χ1v) is 4.37. The van der Waals surface area contributed by atoms with Crippen molar-refractivity contribution in [3.05, 3.63) is 38.3 Å². The lowest BCUT2D eigenvalue weighted by Gasteiger charge is -1.76. The fraction of sp³-hybridized carbons (Fsp3) is 0.143. The van der Waals surface area contributed by atoms with Gasteiger partial charge >= 0.3 is 8.25 Å². The van der Waals surface area contributed by atoms with Crippen LogP contribution in [0.4, 0.5) is 0 Å². The maximum absolute atomic E-state index is 8.74. The van der Waals surface area contributed by atoms with E-state index in [0.717, 1.165) is 0 Å². The van der Waals surface area contributed by atoms with Crippen molar-refractivity contribution in [3.63, 3.8) is 0 Å². The van der Waals surface area contributed by atoms with Gasteiger partial charge in [0.25, 0.3) is 0 Å². The lowest BCUT2D eigenvalue weighted by Crippen LogP contribution is -1.62. The van der Waals surface area contributed by atoms with Crippen molar-refractivity contribution in [1.29, 1.82) is 0 Å². The molecule has 0 fully saturated rings. The Bertz CT molecular complexity index is 137. The second-order valence-corrected chi connectivity index (χ2v) is 1.79. The van der Waals surface area contributed by atoms with Crippen LogP contribution in [0.25, 0.3) is 0 Å². The number of hydrogen-bond acceptors (Lipinski definition) is 3. The summed E-state index contributed by atoms with van der Waals surface area (Å²) in [5, 5.41) is 7.76. The number of ether oxygens (including phenoxy) is 1. The zero-order valence-electron chi connectivity index (χ0n) is 7.72. The lowest BCUT2D eigenvalue weighted by atomic mass is 10.7. The largest absolute Gasteiger partial charge is 0.474 e. The summed E-state index contributed by atoms with van der Waals surface area (Å²) in [4.78, 5) is 14.3. The summed E-state index contributed by atoms with van der Waals surface area (Å²) in [5.74, 6) is 0. The Kier molecular flexibility index (Phi) is 48.9. The van der Waals surface area contributed by atoms with Crippen LogP contribution in [0.3, 0.4) is 0 Å². The first-order chi connectivity index (χ1) is 6.06. The SMILES string of the molecule is C=CCO.C=COC=C.O.O=[PH](O)O. The monoisotopic (exact) mass is 228 g/mol. The Labute approximate surface area is 83.7 Å². The van der Waals surface area contributed by atoms with Gasteiger partial charge in [0.2, 0.25) is 0 Å². The van der Waals surface area contributed by atoms with Crippen LogP contribution in [0.2, 0.25) is 0 Å². The topological polar surface area (TPSA) is 118 Å². The molecule has 0 aliphatic carbocycles. The van der Waals surface area contributed by atoms with Crippen LogP contribution in [0.1, 0.15) is 0 Å². The molecule has 0 radical (unpaired) electrons. The molecule has 0 saturated carbocycles. The van der Waals surface area contributed by atoms with E-state index in [0.29, 0.717) is 0 Å². The molecule has 0 aliphatic rings. The molecule has 7 heteroatoms. The van der Waals surface area contributed by atoms with Gasteiger partial charge in [0, 0.05) is 0 Å². The summed E-state index contributed by atoms with van der Waals surface area (Å²) >= 11 is 0. The van der Waals surface area contributed by atoms with Crippen LogP contribution >= 0.6 is 8.25 Å². The van der Waals surface area contributed by atoms with Crippen molar-refractivity contribution in [3.8, 4) is 0 Å². The van der Waals surface area contributed by atoms with E-state index < -0.39 is 8.25 Å². The van der Waals surface area contributed by atoms with Crippen LogP contribution in [0.15, 0.2) is 38.3 Å². The summed E-state index contributed by atoms with van der Waals surface area (Å²) in [7, 11) is -3.13.